The number of aryl methyl sites for hydroxylation is 2. The van der Waals surface area contributed by atoms with E-state index in [4.69, 9.17) is 10.1 Å². The number of amides is 1. The van der Waals surface area contributed by atoms with Gasteiger partial charge in [0.05, 0.1) is 11.9 Å². The smallest absolute Gasteiger partial charge is 0.283 e. The first-order chi connectivity index (χ1) is 15.8. The van der Waals surface area contributed by atoms with Crippen molar-refractivity contribution in [1.29, 1.82) is 0 Å². The molecule has 1 amide bonds. The number of hydrogen-bond acceptors (Lipinski definition) is 7. The normalized spacial score (nSPS) is 15.2. The molecule has 0 aliphatic carbocycles. The molecule has 3 aromatic heterocycles. The highest BCUT2D eigenvalue weighted by Crippen LogP contribution is 2.31. The Bertz CT molecular complexity index is 1430. The summed E-state index contributed by atoms with van der Waals surface area (Å²) >= 11 is 1.56. The first kappa shape index (κ1) is 21.8. The predicted octanol–water partition coefficient (Wildman–Crippen LogP) is 2.72. The van der Waals surface area contributed by atoms with Crippen LogP contribution in [-0.2, 0) is 4.79 Å². The molecule has 1 aromatic carbocycles. The standard InChI is InChI=1S/C24H28N6O2S/c1-14(2)25-19(31)13-28-9-11-29(12-10-28)22-18-8-6-5-7-17(18)21-26-23-20(15(3)16(4)33-23)24(32)30(21)27-22/h5-8,14H,9-13H2,1-4H3,(H,25,31). The molecule has 8 nitrogen and oxygen atoms in total. The minimum atomic E-state index is -0.118. The summed E-state index contributed by atoms with van der Waals surface area (Å²) in [5, 5.41) is 10.3. The van der Waals surface area contributed by atoms with Crippen molar-refractivity contribution in [3.8, 4) is 0 Å². The lowest BCUT2D eigenvalue weighted by molar-refractivity contribution is -0.122. The van der Waals surface area contributed by atoms with Crippen LogP contribution >= 0.6 is 11.3 Å². The van der Waals surface area contributed by atoms with Gasteiger partial charge in [-0.2, -0.15) is 4.52 Å². The van der Waals surface area contributed by atoms with Crippen molar-refractivity contribution >= 4 is 49.7 Å². The van der Waals surface area contributed by atoms with Gasteiger partial charge < -0.3 is 10.2 Å². The molecular formula is C24H28N6O2S. The largest absolute Gasteiger partial charge is 0.353 e. The van der Waals surface area contributed by atoms with Crippen molar-refractivity contribution in [1.82, 2.24) is 24.8 Å². The van der Waals surface area contributed by atoms with Crippen LogP contribution in [-0.4, -0.2) is 64.2 Å². The molecule has 0 spiro atoms. The molecule has 4 aromatic rings. The minimum absolute atomic E-state index is 0.0517. The van der Waals surface area contributed by atoms with E-state index >= 15 is 0 Å². The Morgan fingerprint density at radius 3 is 2.52 bits per heavy atom. The van der Waals surface area contributed by atoms with Gasteiger partial charge >= 0.3 is 0 Å². The van der Waals surface area contributed by atoms with E-state index in [-0.39, 0.29) is 17.5 Å². The number of carbonyl (C=O) groups is 1. The fourth-order valence-corrected chi connectivity index (χ4v) is 5.52. The lowest BCUT2D eigenvalue weighted by Crippen LogP contribution is -2.50. The van der Waals surface area contributed by atoms with E-state index in [1.165, 1.54) is 4.52 Å². The third kappa shape index (κ3) is 3.85. The number of nitrogens with zero attached hydrogens (tertiary/aromatic N) is 5. The van der Waals surface area contributed by atoms with Gasteiger partial charge in [0.25, 0.3) is 5.56 Å². The molecule has 1 fully saturated rings. The average Bonchev–Trinajstić information content (AvgIpc) is 3.07. The highest BCUT2D eigenvalue weighted by molar-refractivity contribution is 7.18. The number of nitrogens with one attached hydrogen (secondary N) is 1. The number of benzene rings is 1. The van der Waals surface area contributed by atoms with Gasteiger partial charge in [0, 0.05) is 47.9 Å². The molecule has 4 heterocycles. The lowest BCUT2D eigenvalue weighted by Gasteiger charge is -2.35. The van der Waals surface area contributed by atoms with Crippen LogP contribution < -0.4 is 15.8 Å². The number of piperazine rings is 1. The summed E-state index contributed by atoms with van der Waals surface area (Å²) in [5.74, 6) is 0.841. The van der Waals surface area contributed by atoms with Crippen molar-refractivity contribution < 1.29 is 4.79 Å². The van der Waals surface area contributed by atoms with Gasteiger partial charge in [0.15, 0.2) is 11.5 Å². The third-order valence-corrected chi connectivity index (χ3v) is 7.37. The first-order valence-corrected chi connectivity index (χ1v) is 12.1. The molecule has 9 heteroatoms. The van der Waals surface area contributed by atoms with Gasteiger partial charge in [-0.25, -0.2) is 4.98 Å². The fourth-order valence-electron chi connectivity index (χ4n) is 4.50. The maximum Gasteiger partial charge on any atom is 0.283 e. The third-order valence-electron chi connectivity index (χ3n) is 6.27. The predicted molar refractivity (Wildman–Crippen MR) is 134 cm³/mol. The van der Waals surface area contributed by atoms with Crippen LogP contribution in [0.2, 0.25) is 0 Å². The molecule has 1 aliphatic rings. The van der Waals surface area contributed by atoms with Gasteiger partial charge in [-0.05, 0) is 33.3 Å². The van der Waals surface area contributed by atoms with Crippen LogP contribution in [0, 0.1) is 13.8 Å². The molecular weight excluding hydrogens is 436 g/mol. The van der Waals surface area contributed by atoms with Crippen molar-refractivity contribution in [3.05, 3.63) is 45.1 Å². The highest BCUT2D eigenvalue weighted by atomic mass is 32.1. The lowest BCUT2D eigenvalue weighted by atomic mass is 10.1. The van der Waals surface area contributed by atoms with E-state index in [9.17, 15) is 9.59 Å². The maximum absolute atomic E-state index is 13.5. The maximum atomic E-state index is 13.5. The Morgan fingerprint density at radius 1 is 1.12 bits per heavy atom. The average molecular weight is 465 g/mol. The number of fused-ring (bicyclic) bond motifs is 4. The van der Waals surface area contributed by atoms with Crippen LogP contribution in [0.15, 0.2) is 29.1 Å². The summed E-state index contributed by atoms with van der Waals surface area (Å²) < 4.78 is 1.47. The van der Waals surface area contributed by atoms with Crippen LogP contribution in [0.1, 0.15) is 24.3 Å². The van der Waals surface area contributed by atoms with Crippen LogP contribution in [0.5, 0.6) is 0 Å². The molecule has 0 bridgehead atoms. The van der Waals surface area contributed by atoms with Crippen LogP contribution in [0.4, 0.5) is 5.82 Å². The van der Waals surface area contributed by atoms with Crippen LogP contribution in [0.25, 0.3) is 26.6 Å². The zero-order valence-electron chi connectivity index (χ0n) is 19.4. The molecule has 33 heavy (non-hydrogen) atoms. The summed E-state index contributed by atoms with van der Waals surface area (Å²) in [6.07, 6.45) is 0. The number of aromatic nitrogens is 3. The van der Waals surface area contributed by atoms with E-state index in [1.807, 2.05) is 52.0 Å². The topological polar surface area (TPSA) is 82.8 Å². The molecule has 1 aliphatic heterocycles. The zero-order chi connectivity index (χ0) is 23.3. The molecule has 1 saturated heterocycles. The minimum Gasteiger partial charge on any atom is -0.353 e. The van der Waals surface area contributed by atoms with Crippen LogP contribution in [0.3, 0.4) is 0 Å². The van der Waals surface area contributed by atoms with Gasteiger partial charge in [0.1, 0.15) is 4.83 Å². The van der Waals surface area contributed by atoms with Crippen molar-refractivity contribution in [2.24, 2.45) is 0 Å². The molecule has 0 unspecified atom stereocenters. The van der Waals surface area contributed by atoms with E-state index < -0.39 is 0 Å². The van der Waals surface area contributed by atoms with Gasteiger partial charge in [-0.3, -0.25) is 14.5 Å². The molecule has 1 N–H and O–H groups in total. The summed E-state index contributed by atoms with van der Waals surface area (Å²) in [6, 6.07) is 8.15. The first-order valence-electron chi connectivity index (χ1n) is 11.3. The van der Waals surface area contributed by atoms with E-state index in [1.54, 1.807) is 11.3 Å². The number of anilines is 1. The Hall–Kier alpha value is -3.04. The van der Waals surface area contributed by atoms with Gasteiger partial charge in [-0.1, -0.05) is 24.3 Å². The van der Waals surface area contributed by atoms with Gasteiger partial charge in [-0.15, -0.1) is 16.4 Å². The second-order valence-corrected chi connectivity index (χ2v) is 10.2. The Kier molecular flexibility index (Phi) is 5.54. The Morgan fingerprint density at radius 2 is 1.82 bits per heavy atom. The molecule has 172 valence electrons. The number of hydrogen-bond donors (Lipinski definition) is 1. The highest BCUT2D eigenvalue weighted by Gasteiger charge is 2.24. The summed E-state index contributed by atoms with van der Waals surface area (Å²) in [4.78, 5) is 36.7. The number of thiophene rings is 1. The molecule has 5 rings (SSSR count). The SMILES string of the molecule is Cc1sc2nc3c4ccccc4c(N4CCN(CC(=O)NC(C)C)CC4)nn3c(=O)c2c1C. The molecule has 0 saturated carbocycles. The summed E-state index contributed by atoms with van der Waals surface area (Å²) in [7, 11) is 0. The molecule has 0 radical (unpaired) electrons. The summed E-state index contributed by atoms with van der Waals surface area (Å²) in [6.45, 7) is 11.3. The monoisotopic (exact) mass is 464 g/mol. The Balaban J connectivity index is 1.54. The van der Waals surface area contributed by atoms with Crippen molar-refractivity contribution in [2.45, 2.75) is 33.7 Å². The second kappa shape index (κ2) is 8.39. The van der Waals surface area contributed by atoms with Gasteiger partial charge in [0.2, 0.25) is 5.91 Å². The van der Waals surface area contributed by atoms with E-state index in [2.05, 4.69) is 15.1 Å². The quantitative estimate of drug-likeness (QED) is 0.468. The van der Waals surface area contributed by atoms with Crippen molar-refractivity contribution in [3.63, 3.8) is 0 Å². The fraction of sp³-hybridized carbons (Fsp3) is 0.417. The number of carbonyl (C=O) groups excluding carboxylic acids is 1. The number of rotatable bonds is 4. The Labute approximate surface area is 195 Å². The van der Waals surface area contributed by atoms with E-state index in [0.717, 1.165) is 58.0 Å². The zero-order valence-corrected chi connectivity index (χ0v) is 20.2. The second-order valence-electron chi connectivity index (χ2n) is 8.97. The molecule has 0 atom stereocenters. The van der Waals surface area contributed by atoms with E-state index in [0.29, 0.717) is 17.6 Å². The van der Waals surface area contributed by atoms with Crippen molar-refractivity contribution in [2.75, 3.05) is 37.6 Å². The summed E-state index contributed by atoms with van der Waals surface area (Å²) in [5.41, 5.74) is 1.46.